The maximum absolute atomic E-state index is 13.3. The average molecular weight is 335 g/mol. The first-order valence-electron chi connectivity index (χ1n) is 6.57. The largest absolute Gasteiger partial charge is 0.465 e. The van der Waals surface area contributed by atoms with Crippen LogP contribution in [-0.4, -0.2) is 17.6 Å². The monoisotopic (exact) mass is 334 g/mol. The molecule has 7 heteroatoms. The third-order valence-electron chi connectivity index (χ3n) is 2.98. The van der Waals surface area contributed by atoms with Gasteiger partial charge in [0.25, 0.3) is 5.91 Å². The van der Waals surface area contributed by atoms with E-state index in [0.29, 0.717) is 5.76 Å². The van der Waals surface area contributed by atoms with E-state index in [0.717, 1.165) is 6.07 Å². The number of rotatable bonds is 5. The summed E-state index contributed by atoms with van der Waals surface area (Å²) in [6.07, 6.45) is 1.57. The zero-order valence-corrected chi connectivity index (χ0v) is 12.5. The van der Waals surface area contributed by atoms with Crippen LogP contribution in [0, 0.1) is 17.1 Å². The number of hydrogen-bond donors (Lipinski definition) is 2. The highest BCUT2D eigenvalue weighted by Gasteiger charge is 2.14. The van der Waals surface area contributed by atoms with Gasteiger partial charge in [-0.2, -0.15) is 5.26 Å². The van der Waals surface area contributed by atoms with Gasteiger partial charge in [-0.1, -0.05) is 17.7 Å². The molecule has 1 unspecified atom stereocenters. The van der Waals surface area contributed by atoms with Gasteiger partial charge >= 0.3 is 0 Å². The van der Waals surface area contributed by atoms with Crippen molar-refractivity contribution in [3.8, 4) is 6.07 Å². The van der Waals surface area contributed by atoms with E-state index in [1.807, 2.05) is 0 Å². The molecule has 0 spiro atoms. The second-order valence-electron chi connectivity index (χ2n) is 4.58. The molecule has 2 rings (SSSR count). The van der Waals surface area contributed by atoms with Crippen LogP contribution in [-0.2, 0) is 4.79 Å². The number of aliphatic hydroxyl groups excluding tert-OH is 1. The summed E-state index contributed by atoms with van der Waals surface area (Å²) in [5, 5.41) is 21.3. The van der Waals surface area contributed by atoms with Gasteiger partial charge in [0.05, 0.1) is 17.4 Å². The molecule has 23 heavy (non-hydrogen) atoms. The summed E-state index contributed by atoms with van der Waals surface area (Å²) in [4.78, 5) is 11.9. The van der Waals surface area contributed by atoms with E-state index < -0.39 is 17.8 Å². The fourth-order valence-electron chi connectivity index (χ4n) is 1.79. The summed E-state index contributed by atoms with van der Waals surface area (Å²) in [6.45, 7) is -0.183. The van der Waals surface area contributed by atoms with Crippen LogP contribution in [0.2, 0.25) is 5.02 Å². The Balaban J connectivity index is 2.00. The number of benzene rings is 1. The minimum atomic E-state index is -1.13. The van der Waals surface area contributed by atoms with Gasteiger partial charge in [-0.05, 0) is 29.8 Å². The topological polar surface area (TPSA) is 86.3 Å². The van der Waals surface area contributed by atoms with E-state index in [-0.39, 0.29) is 22.7 Å². The van der Waals surface area contributed by atoms with Crippen LogP contribution < -0.4 is 5.32 Å². The first-order chi connectivity index (χ1) is 11.0. The van der Waals surface area contributed by atoms with Crippen LogP contribution >= 0.6 is 11.6 Å². The highest BCUT2D eigenvalue weighted by atomic mass is 35.5. The van der Waals surface area contributed by atoms with Crippen molar-refractivity contribution in [3.05, 3.63) is 64.3 Å². The fourth-order valence-corrected chi connectivity index (χ4v) is 1.90. The van der Waals surface area contributed by atoms with Gasteiger partial charge in [-0.25, -0.2) is 4.39 Å². The number of aliphatic hydroxyl groups is 1. The molecule has 2 aromatic rings. The maximum atomic E-state index is 13.3. The van der Waals surface area contributed by atoms with Crippen LogP contribution in [0.15, 0.2) is 46.6 Å². The molecule has 118 valence electrons. The third kappa shape index (κ3) is 4.42. The minimum Gasteiger partial charge on any atom is -0.465 e. The van der Waals surface area contributed by atoms with Crippen molar-refractivity contribution in [3.63, 3.8) is 0 Å². The molecular formula is C16H12ClFN2O3. The van der Waals surface area contributed by atoms with Crippen LogP contribution in [0.5, 0.6) is 0 Å². The Morgan fingerprint density at radius 1 is 1.52 bits per heavy atom. The number of furan rings is 1. The number of nitriles is 1. The molecule has 0 saturated carbocycles. The first-order valence-corrected chi connectivity index (χ1v) is 6.95. The molecule has 0 aliphatic rings. The van der Waals surface area contributed by atoms with Crippen LogP contribution in [0.25, 0.3) is 6.08 Å². The van der Waals surface area contributed by atoms with E-state index in [2.05, 4.69) is 5.32 Å². The lowest BCUT2D eigenvalue weighted by atomic mass is 10.1. The molecule has 0 saturated heterocycles. The Kier molecular flexibility index (Phi) is 5.52. The smallest absolute Gasteiger partial charge is 0.262 e. The zero-order valence-electron chi connectivity index (χ0n) is 11.8. The molecule has 0 fully saturated rings. The van der Waals surface area contributed by atoms with Gasteiger partial charge in [0.15, 0.2) is 0 Å². The summed E-state index contributed by atoms with van der Waals surface area (Å²) in [6, 6.07) is 8.82. The Bertz CT molecular complexity index is 766. The first kappa shape index (κ1) is 16.7. The number of hydrogen-bond acceptors (Lipinski definition) is 4. The highest BCUT2D eigenvalue weighted by molar-refractivity contribution is 6.30. The van der Waals surface area contributed by atoms with Crippen molar-refractivity contribution in [2.75, 3.05) is 6.54 Å². The Morgan fingerprint density at radius 3 is 2.91 bits per heavy atom. The normalized spacial score (nSPS) is 12.5. The van der Waals surface area contributed by atoms with Gasteiger partial charge in [-0.3, -0.25) is 4.79 Å². The number of amides is 1. The zero-order chi connectivity index (χ0) is 16.8. The van der Waals surface area contributed by atoms with Crippen molar-refractivity contribution in [1.82, 2.24) is 5.32 Å². The molecular weight excluding hydrogens is 323 g/mol. The molecule has 0 aliphatic carbocycles. The molecule has 1 atom stereocenters. The predicted octanol–water partition coefficient (Wildman–Crippen LogP) is 2.83. The van der Waals surface area contributed by atoms with Crippen molar-refractivity contribution < 1.29 is 18.7 Å². The standard InChI is InChI=1S/C16H12ClFN2O3/c17-13-4-3-10(7-14(13)18)15(21)9-20-16(22)11(8-19)6-12-2-1-5-23-12/h1-7,15,21H,9H2,(H,20,22)/b11-6+. The molecule has 1 aromatic heterocycles. The lowest BCUT2D eigenvalue weighted by molar-refractivity contribution is -0.117. The van der Waals surface area contributed by atoms with Crippen LogP contribution in [0.3, 0.4) is 0 Å². The van der Waals surface area contributed by atoms with Crippen molar-refractivity contribution >= 4 is 23.6 Å². The predicted molar refractivity (Wildman–Crippen MR) is 81.7 cm³/mol. The molecule has 0 aliphatic heterocycles. The van der Waals surface area contributed by atoms with Gasteiger partial charge in [0.1, 0.15) is 23.2 Å². The second kappa shape index (κ2) is 7.58. The molecule has 1 amide bonds. The maximum Gasteiger partial charge on any atom is 0.262 e. The summed E-state index contributed by atoms with van der Waals surface area (Å²) in [5.41, 5.74) is 0.0927. The van der Waals surface area contributed by atoms with E-state index >= 15 is 0 Å². The SMILES string of the molecule is N#C/C(=C\c1ccco1)C(=O)NCC(O)c1ccc(Cl)c(F)c1. The number of carbonyl (C=O) groups excluding carboxylic acids is 1. The summed E-state index contributed by atoms with van der Waals surface area (Å²) in [5.74, 6) is -0.973. The Labute approximate surface area is 136 Å². The fraction of sp³-hybridized carbons (Fsp3) is 0.125. The number of halogens is 2. The van der Waals surface area contributed by atoms with Crippen LogP contribution in [0.1, 0.15) is 17.4 Å². The summed E-state index contributed by atoms with van der Waals surface area (Å²) in [7, 11) is 0. The van der Waals surface area contributed by atoms with E-state index in [9.17, 15) is 14.3 Å². The van der Waals surface area contributed by atoms with Gasteiger partial charge in [0, 0.05) is 12.6 Å². The quantitative estimate of drug-likeness (QED) is 0.650. The Morgan fingerprint density at radius 2 is 2.30 bits per heavy atom. The molecule has 1 aromatic carbocycles. The van der Waals surface area contributed by atoms with Crippen molar-refractivity contribution in [2.24, 2.45) is 0 Å². The highest BCUT2D eigenvalue weighted by Crippen LogP contribution is 2.20. The Hall–Kier alpha value is -2.62. The lowest BCUT2D eigenvalue weighted by Crippen LogP contribution is -2.29. The van der Waals surface area contributed by atoms with E-state index in [4.69, 9.17) is 21.3 Å². The number of nitrogens with zero attached hydrogens (tertiary/aromatic N) is 1. The summed E-state index contributed by atoms with van der Waals surface area (Å²) >= 11 is 5.56. The minimum absolute atomic E-state index is 0.0573. The van der Waals surface area contributed by atoms with Crippen molar-refractivity contribution in [1.29, 1.82) is 5.26 Å². The number of nitrogens with one attached hydrogen (secondary N) is 1. The summed E-state index contributed by atoms with van der Waals surface area (Å²) < 4.78 is 18.4. The second-order valence-corrected chi connectivity index (χ2v) is 4.99. The van der Waals surface area contributed by atoms with Gasteiger partial charge in [0.2, 0.25) is 0 Å². The van der Waals surface area contributed by atoms with Gasteiger partial charge < -0.3 is 14.8 Å². The third-order valence-corrected chi connectivity index (χ3v) is 3.29. The average Bonchev–Trinajstić information content (AvgIpc) is 3.05. The van der Waals surface area contributed by atoms with Crippen molar-refractivity contribution in [2.45, 2.75) is 6.10 Å². The molecule has 0 bridgehead atoms. The molecule has 2 N–H and O–H groups in total. The number of carbonyl (C=O) groups is 1. The van der Waals surface area contributed by atoms with E-state index in [1.165, 1.54) is 24.5 Å². The van der Waals surface area contributed by atoms with E-state index in [1.54, 1.807) is 18.2 Å². The van der Waals surface area contributed by atoms with Gasteiger partial charge in [-0.15, -0.1) is 0 Å². The van der Waals surface area contributed by atoms with Crippen LogP contribution in [0.4, 0.5) is 4.39 Å². The molecule has 1 heterocycles. The lowest BCUT2D eigenvalue weighted by Gasteiger charge is -2.12. The molecule has 0 radical (unpaired) electrons. The molecule has 5 nitrogen and oxygen atoms in total.